The van der Waals surface area contributed by atoms with Crippen molar-refractivity contribution in [2.24, 2.45) is 7.05 Å². The largest absolute Gasteiger partial charge is 0.481 e. The summed E-state index contributed by atoms with van der Waals surface area (Å²) in [5.74, 6) is -0.462. The lowest BCUT2D eigenvalue weighted by Gasteiger charge is -2.08. The molecule has 0 unspecified atom stereocenters. The van der Waals surface area contributed by atoms with Crippen LogP contribution in [0.2, 0.25) is 0 Å². The number of rotatable bonds is 7. The minimum Gasteiger partial charge on any atom is -0.481 e. The van der Waals surface area contributed by atoms with Crippen LogP contribution in [0, 0.1) is 0 Å². The van der Waals surface area contributed by atoms with Crippen molar-refractivity contribution in [2.45, 2.75) is 5.16 Å². The maximum Gasteiger partial charge on any atom is 0.313 e. The van der Waals surface area contributed by atoms with Crippen LogP contribution in [0.5, 0.6) is 0 Å². The first-order valence-corrected chi connectivity index (χ1v) is 8.25. The Kier molecular flexibility index (Phi) is 5.00. The molecule has 3 rings (SSSR count). The van der Waals surface area contributed by atoms with Crippen LogP contribution < -0.4 is 5.48 Å². The fourth-order valence-electron chi connectivity index (χ4n) is 2.23. The third kappa shape index (κ3) is 4.17. The van der Waals surface area contributed by atoms with E-state index in [-0.39, 0.29) is 5.75 Å². The van der Waals surface area contributed by atoms with Crippen molar-refractivity contribution in [3.8, 4) is 22.6 Å². The summed E-state index contributed by atoms with van der Waals surface area (Å²) in [4.78, 5) is 18.7. The number of carboxylic acids is 1. The van der Waals surface area contributed by atoms with Crippen molar-refractivity contribution < 1.29 is 14.7 Å². The van der Waals surface area contributed by atoms with E-state index in [0.717, 1.165) is 34.3 Å². The van der Waals surface area contributed by atoms with E-state index in [2.05, 4.69) is 25.8 Å². The SMILES string of the molecule is CONc1cc(-c2ccn(C)n2)cc(-c2nnc(SCC(=O)O)[nH]2)c1. The minimum atomic E-state index is -0.910. The molecule has 0 aliphatic heterocycles. The zero-order chi connectivity index (χ0) is 17.8. The second kappa shape index (κ2) is 7.36. The number of hydrogen-bond acceptors (Lipinski definition) is 7. The number of hydrogen-bond donors (Lipinski definition) is 3. The molecule has 0 saturated heterocycles. The molecule has 3 aromatic rings. The fourth-order valence-corrected chi connectivity index (χ4v) is 2.76. The summed E-state index contributed by atoms with van der Waals surface area (Å²) >= 11 is 1.08. The highest BCUT2D eigenvalue weighted by molar-refractivity contribution is 7.99. The van der Waals surface area contributed by atoms with Crippen LogP contribution in [-0.2, 0) is 16.7 Å². The molecule has 9 nitrogen and oxygen atoms in total. The van der Waals surface area contributed by atoms with E-state index in [1.165, 1.54) is 7.11 Å². The van der Waals surface area contributed by atoms with Crippen LogP contribution in [0.15, 0.2) is 35.6 Å². The fraction of sp³-hybridized carbons (Fsp3) is 0.200. The lowest BCUT2D eigenvalue weighted by Crippen LogP contribution is -1.98. The maximum atomic E-state index is 10.7. The Morgan fingerprint density at radius 2 is 2.16 bits per heavy atom. The average Bonchev–Trinajstić information content (AvgIpc) is 3.22. The molecule has 25 heavy (non-hydrogen) atoms. The molecular weight excluding hydrogens is 344 g/mol. The van der Waals surface area contributed by atoms with Crippen molar-refractivity contribution in [1.29, 1.82) is 0 Å². The van der Waals surface area contributed by atoms with Gasteiger partial charge < -0.3 is 10.1 Å². The van der Waals surface area contributed by atoms with Crippen molar-refractivity contribution in [3.63, 3.8) is 0 Å². The van der Waals surface area contributed by atoms with Crippen LogP contribution in [0.1, 0.15) is 0 Å². The van der Waals surface area contributed by atoms with Gasteiger partial charge in [0.05, 0.1) is 24.2 Å². The van der Waals surface area contributed by atoms with Crippen molar-refractivity contribution in [1.82, 2.24) is 25.0 Å². The standard InChI is InChI=1S/C15H16N6O3S/c1-21-4-3-12(19-21)9-5-10(7-11(6-9)20-24-2)14-16-15(18-17-14)25-8-13(22)23/h3-7,20H,8H2,1-2H3,(H,22,23)(H,16,17,18). The average molecular weight is 360 g/mol. The van der Waals surface area contributed by atoms with Crippen molar-refractivity contribution >= 4 is 23.4 Å². The summed E-state index contributed by atoms with van der Waals surface area (Å²) in [6.45, 7) is 0. The Morgan fingerprint density at radius 3 is 2.84 bits per heavy atom. The lowest BCUT2D eigenvalue weighted by molar-refractivity contribution is -0.133. The van der Waals surface area contributed by atoms with Gasteiger partial charge in [0.15, 0.2) is 11.0 Å². The second-order valence-electron chi connectivity index (χ2n) is 5.14. The lowest BCUT2D eigenvalue weighted by atomic mass is 10.1. The molecule has 10 heteroatoms. The summed E-state index contributed by atoms with van der Waals surface area (Å²) in [5, 5.41) is 21.7. The smallest absolute Gasteiger partial charge is 0.313 e. The van der Waals surface area contributed by atoms with E-state index in [0.29, 0.717) is 11.0 Å². The van der Waals surface area contributed by atoms with Crippen LogP contribution >= 0.6 is 11.8 Å². The molecule has 0 amide bonds. The number of aromatic nitrogens is 5. The number of aryl methyl sites for hydroxylation is 1. The molecule has 0 saturated carbocycles. The van der Waals surface area contributed by atoms with Gasteiger partial charge >= 0.3 is 5.97 Å². The van der Waals surface area contributed by atoms with Crippen LogP contribution in [-0.4, -0.2) is 48.9 Å². The molecule has 1 aromatic carbocycles. The van der Waals surface area contributed by atoms with Gasteiger partial charge in [-0.3, -0.25) is 19.8 Å². The van der Waals surface area contributed by atoms with Crippen molar-refractivity contribution in [2.75, 3.05) is 18.3 Å². The number of benzene rings is 1. The first-order valence-electron chi connectivity index (χ1n) is 7.27. The van der Waals surface area contributed by atoms with E-state index in [4.69, 9.17) is 9.94 Å². The zero-order valence-corrected chi connectivity index (χ0v) is 14.4. The minimum absolute atomic E-state index is 0.0842. The Labute approximate surface area is 147 Å². The number of carbonyl (C=O) groups is 1. The molecule has 0 spiro atoms. The first-order chi connectivity index (χ1) is 12.0. The van der Waals surface area contributed by atoms with E-state index in [1.807, 2.05) is 37.5 Å². The summed E-state index contributed by atoms with van der Waals surface area (Å²) in [6.07, 6.45) is 1.86. The number of aliphatic carboxylic acids is 1. The Balaban J connectivity index is 1.94. The van der Waals surface area contributed by atoms with Crippen LogP contribution in [0.3, 0.4) is 0 Å². The predicted octanol–water partition coefficient (Wildman–Crippen LogP) is 2.02. The van der Waals surface area contributed by atoms with Gasteiger partial charge in [-0.15, -0.1) is 10.2 Å². The molecule has 3 N–H and O–H groups in total. The zero-order valence-electron chi connectivity index (χ0n) is 13.6. The van der Waals surface area contributed by atoms with Crippen LogP contribution in [0.4, 0.5) is 5.69 Å². The molecular formula is C15H16N6O3S. The quantitative estimate of drug-likeness (QED) is 0.433. The number of nitrogens with zero attached hydrogens (tertiary/aromatic N) is 4. The highest BCUT2D eigenvalue weighted by Gasteiger charge is 2.12. The van der Waals surface area contributed by atoms with Gasteiger partial charge in [0.2, 0.25) is 0 Å². The van der Waals surface area contributed by atoms with Gasteiger partial charge in [0.1, 0.15) is 0 Å². The van der Waals surface area contributed by atoms with Gasteiger partial charge in [-0.05, 0) is 24.3 Å². The maximum absolute atomic E-state index is 10.7. The van der Waals surface area contributed by atoms with E-state index in [1.54, 1.807) is 4.68 Å². The Morgan fingerprint density at radius 1 is 1.36 bits per heavy atom. The van der Waals surface area contributed by atoms with Gasteiger partial charge in [-0.1, -0.05) is 11.8 Å². The van der Waals surface area contributed by atoms with Gasteiger partial charge in [0.25, 0.3) is 0 Å². The number of H-pyrrole nitrogens is 1. The molecule has 0 radical (unpaired) electrons. The number of nitrogens with one attached hydrogen (secondary N) is 2. The predicted molar refractivity (Wildman–Crippen MR) is 93.0 cm³/mol. The molecule has 2 heterocycles. The molecule has 0 aliphatic carbocycles. The second-order valence-corrected chi connectivity index (χ2v) is 6.11. The van der Waals surface area contributed by atoms with E-state index >= 15 is 0 Å². The molecule has 0 fully saturated rings. The monoisotopic (exact) mass is 360 g/mol. The number of thioether (sulfide) groups is 1. The number of anilines is 1. The summed E-state index contributed by atoms with van der Waals surface area (Å²) in [5.41, 5.74) is 6.00. The van der Waals surface area contributed by atoms with E-state index < -0.39 is 5.97 Å². The molecule has 0 bridgehead atoms. The Bertz CT molecular complexity index is 891. The van der Waals surface area contributed by atoms with Gasteiger partial charge in [0, 0.05) is 24.4 Å². The number of carboxylic acid groups (broad SMARTS) is 1. The topological polar surface area (TPSA) is 118 Å². The van der Waals surface area contributed by atoms with Gasteiger partial charge in [-0.2, -0.15) is 5.10 Å². The summed E-state index contributed by atoms with van der Waals surface area (Å²) in [6, 6.07) is 7.59. The highest BCUT2D eigenvalue weighted by atomic mass is 32.2. The highest BCUT2D eigenvalue weighted by Crippen LogP contribution is 2.29. The molecule has 0 atom stereocenters. The van der Waals surface area contributed by atoms with Crippen LogP contribution in [0.25, 0.3) is 22.6 Å². The third-order valence-electron chi connectivity index (χ3n) is 3.23. The van der Waals surface area contributed by atoms with E-state index in [9.17, 15) is 4.79 Å². The Hall–Kier alpha value is -2.85. The summed E-state index contributed by atoms with van der Waals surface area (Å²) < 4.78 is 1.72. The molecule has 2 aromatic heterocycles. The van der Waals surface area contributed by atoms with Crippen molar-refractivity contribution in [3.05, 3.63) is 30.5 Å². The summed E-state index contributed by atoms with van der Waals surface area (Å²) in [7, 11) is 3.38. The van der Waals surface area contributed by atoms with Gasteiger partial charge in [-0.25, -0.2) is 0 Å². The first kappa shape index (κ1) is 17.0. The molecule has 130 valence electrons. The normalized spacial score (nSPS) is 10.8. The molecule has 0 aliphatic rings. The number of aromatic amines is 1. The third-order valence-corrected chi connectivity index (χ3v) is 4.08.